The summed E-state index contributed by atoms with van der Waals surface area (Å²) in [4.78, 5) is 38.6. The number of benzene rings is 1. The van der Waals surface area contributed by atoms with E-state index in [1.165, 1.54) is 15.7 Å². The van der Waals surface area contributed by atoms with Crippen LogP contribution in [0.25, 0.3) is 0 Å². The molecule has 1 aliphatic rings. The van der Waals surface area contributed by atoms with Crippen molar-refractivity contribution in [3.05, 3.63) is 56.9 Å². The fourth-order valence-corrected chi connectivity index (χ4v) is 2.91. The van der Waals surface area contributed by atoms with Gasteiger partial charge in [0.25, 0.3) is 5.56 Å². The van der Waals surface area contributed by atoms with E-state index >= 15 is 0 Å². The number of aromatic nitrogens is 2. The molecule has 9 heteroatoms. The molecule has 0 saturated heterocycles. The lowest BCUT2D eigenvalue weighted by Crippen LogP contribution is -2.47. The van der Waals surface area contributed by atoms with Crippen LogP contribution in [0.1, 0.15) is 12.5 Å². The second-order valence-electron chi connectivity index (χ2n) is 6.39. The van der Waals surface area contributed by atoms with Crippen LogP contribution in [0, 0.1) is 11.3 Å². The summed E-state index contributed by atoms with van der Waals surface area (Å²) >= 11 is 0. The highest BCUT2D eigenvalue weighted by Crippen LogP contribution is 2.30. The van der Waals surface area contributed by atoms with E-state index in [0.717, 1.165) is 4.57 Å². The highest BCUT2D eigenvalue weighted by atomic mass is 16.6. The zero-order valence-electron chi connectivity index (χ0n) is 15.6. The molecule has 0 spiro atoms. The first kappa shape index (κ1) is 19.2. The number of nitrogens with zero attached hydrogens (tertiary/aromatic N) is 4. The van der Waals surface area contributed by atoms with Crippen LogP contribution in [-0.2, 0) is 17.9 Å². The lowest BCUT2D eigenvalue weighted by molar-refractivity contribution is -0.132. The highest BCUT2D eigenvalue weighted by Gasteiger charge is 2.24. The SMILES string of the molecule is CCn1cc(C#N)c(=O)n(CC(=O)N(C)CC2COc3ccccc3O2)c1=O. The molecule has 0 N–H and O–H groups in total. The molecule has 0 bridgehead atoms. The van der Waals surface area contributed by atoms with Gasteiger partial charge in [0.2, 0.25) is 5.91 Å². The predicted molar refractivity (Wildman–Crippen MR) is 99.3 cm³/mol. The van der Waals surface area contributed by atoms with Crippen LogP contribution in [0.5, 0.6) is 11.5 Å². The third kappa shape index (κ3) is 3.76. The van der Waals surface area contributed by atoms with Gasteiger partial charge in [-0.3, -0.25) is 14.2 Å². The van der Waals surface area contributed by atoms with Gasteiger partial charge in [-0.15, -0.1) is 0 Å². The number of rotatable bonds is 5. The molecule has 2 aromatic rings. The lowest BCUT2D eigenvalue weighted by atomic mass is 10.2. The van der Waals surface area contributed by atoms with E-state index in [1.54, 1.807) is 32.2 Å². The van der Waals surface area contributed by atoms with Crippen molar-refractivity contribution in [3.63, 3.8) is 0 Å². The van der Waals surface area contributed by atoms with Crippen LogP contribution >= 0.6 is 0 Å². The van der Waals surface area contributed by atoms with E-state index in [9.17, 15) is 14.4 Å². The molecular weight excluding hydrogens is 364 g/mol. The van der Waals surface area contributed by atoms with Crippen LogP contribution in [0.3, 0.4) is 0 Å². The van der Waals surface area contributed by atoms with Gasteiger partial charge < -0.3 is 14.4 Å². The van der Waals surface area contributed by atoms with Gasteiger partial charge in [0, 0.05) is 19.8 Å². The molecule has 0 radical (unpaired) electrons. The smallest absolute Gasteiger partial charge is 0.331 e. The minimum absolute atomic E-state index is 0.183. The number of fused-ring (bicyclic) bond motifs is 1. The Hall–Kier alpha value is -3.54. The van der Waals surface area contributed by atoms with Crippen molar-refractivity contribution in [3.8, 4) is 17.6 Å². The molecule has 0 saturated carbocycles. The maximum absolute atomic E-state index is 12.6. The van der Waals surface area contributed by atoms with E-state index in [-0.39, 0.29) is 31.4 Å². The number of hydrogen-bond donors (Lipinski definition) is 0. The van der Waals surface area contributed by atoms with Crippen molar-refractivity contribution >= 4 is 5.91 Å². The lowest BCUT2D eigenvalue weighted by Gasteiger charge is -2.29. The van der Waals surface area contributed by atoms with E-state index < -0.39 is 23.7 Å². The molecule has 28 heavy (non-hydrogen) atoms. The maximum atomic E-state index is 12.6. The van der Waals surface area contributed by atoms with Crippen LogP contribution in [0.2, 0.25) is 0 Å². The van der Waals surface area contributed by atoms with Crippen molar-refractivity contribution in [1.29, 1.82) is 5.26 Å². The molecule has 1 aliphatic heterocycles. The topological polar surface area (TPSA) is 107 Å². The summed E-state index contributed by atoms with van der Waals surface area (Å²) in [5.74, 6) is 0.801. The van der Waals surface area contributed by atoms with E-state index in [4.69, 9.17) is 14.7 Å². The molecule has 2 heterocycles. The third-order valence-corrected chi connectivity index (χ3v) is 4.46. The van der Waals surface area contributed by atoms with Crippen molar-refractivity contribution < 1.29 is 14.3 Å². The number of carbonyl (C=O) groups excluding carboxylic acids is 1. The molecule has 1 aromatic carbocycles. The molecule has 1 amide bonds. The number of nitriles is 1. The summed E-state index contributed by atoms with van der Waals surface area (Å²) < 4.78 is 13.5. The molecule has 1 unspecified atom stereocenters. The second-order valence-corrected chi connectivity index (χ2v) is 6.39. The Morgan fingerprint density at radius 2 is 2.04 bits per heavy atom. The average molecular weight is 384 g/mol. The Labute approximate surface area is 160 Å². The second kappa shape index (κ2) is 8.00. The van der Waals surface area contributed by atoms with Crippen LogP contribution in [0.4, 0.5) is 0 Å². The summed E-state index contributed by atoms with van der Waals surface area (Å²) in [6.07, 6.45) is 0.832. The number of ether oxygens (including phenoxy) is 2. The minimum Gasteiger partial charge on any atom is -0.486 e. The van der Waals surface area contributed by atoms with Gasteiger partial charge in [0.15, 0.2) is 17.6 Å². The number of hydrogen-bond acceptors (Lipinski definition) is 6. The molecule has 3 rings (SSSR count). The molecule has 146 valence electrons. The molecule has 9 nitrogen and oxygen atoms in total. The van der Waals surface area contributed by atoms with Gasteiger partial charge in [-0.05, 0) is 19.1 Å². The summed E-state index contributed by atoms with van der Waals surface area (Å²) in [5.41, 5.74) is -1.58. The maximum Gasteiger partial charge on any atom is 0.331 e. The Morgan fingerprint density at radius 1 is 1.32 bits per heavy atom. The van der Waals surface area contributed by atoms with E-state index in [0.29, 0.717) is 11.5 Å². The standard InChI is InChI=1S/C19H20N4O5/c1-3-22-9-13(8-20)18(25)23(19(22)26)11-17(24)21(2)10-14-12-27-15-6-4-5-7-16(15)28-14/h4-7,9,14H,3,10-12H2,1-2H3. The fraction of sp³-hybridized carbons (Fsp3) is 0.368. The van der Waals surface area contributed by atoms with Gasteiger partial charge in [-0.25, -0.2) is 9.36 Å². The largest absolute Gasteiger partial charge is 0.486 e. The normalized spacial score (nSPS) is 15.0. The van der Waals surface area contributed by atoms with Gasteiger partial charge >= 0.3 is 5.69 Å². The Bertz CT molecular complexity index is 1050. The van der Waals surface area contributed by atoms with Crippen LogP contribution < -0.4 is 20.7 Å². The van der Waals surface area contributed by atoms with Gasteiger partial charge in [0.05, 0.1) is 6.54 Å². The number of likely N-dealkylation sites (N-methyl/N-ethyl adjacent to an activating group) is 1. The highest BCUT2D eigenvalue weighted by molar-refractivity contribution is 5.75. The van der Waals surface area contributed by atoms with Crippen molar-refractivity contribution in [2.75, 3.05) is 20.2 Å². The first-order valence-corrected chi connectivity index (χ1v) is 8.81. The summed E-state index contributed by atoms with van der Waals surface area (Å²) in [6, 6.07) is 9.01. The molecule has 1 atom stereocenters. The fourth-order valence-electron chi connectivity index (χ4n) is 2.91. The third-order valence-electron chi connectivity index (χ3n) is 4.46. The zero-order valence-corrected chi connectivity index (χ0v) is 15.6. The number of para-hydroxylation sites is 2. The van der Waals surface area contributed by atoms with Gasteiger partial charge in [-0.2, -0.15) is 5.26 Å². The number of carbonyl (C=O) groups is 1. The molecule has 0 aliphatic carbocycles. The minimum atomic E-state index is -0.773. The molecule has 1 aromatic heterocycles. The molecule has 0 fully saturated rings. The zero-order chi connectivity index (χ0) is 20.3. The van der Waals surface area contributed by atoms with E-state index in [1.807, 2.05) is 12.1 Å². The van der Waals surface area contributed by atoms with Crippen LogP contribution in [0.15, 0.2) is 40.1 Å². The first-order chi connectivity index (χ1) is 13.4. The predicted octanol–water partition coefficient (Wildman–Crippen LogP) is 0.200. The molecular formula is C19H20N4O5. The van der Waals surface area contributed by atoms with Crippen molar-refractivity contribution in [1.82, 2.24) is 14.0 Å². The quantitative estimate of drug-likeness (QED) is 0.729. The summed E-state index contributed by atoms with van der Waals surface area (Å²) in [5, 5.41) is 9.09. The summed E-state index contributed by atoms with van der Waals surface area (Å²) in [7, 11) is 1.56. The Morgan fingerprint density at radius 3 is 2.71 bits per heavy atom. The Kier molecular flexibility index (Phi) is 5.49. The van der Waals surface area contributed by atoms with Crippen LogP contribution in [-0.4, -0.2) is 46.2 Å². The van der Waals surface area contributed by atoms with Crippen molar-refractivity contribution in [2.24, 2.45) is 0 Å². The van der Waals surface area contributed by atoms with Crippen molar-refractivity contribution in [2.45, 2.75) is 26.1 Å². The summed E-state index contributed by atoms with van der Waals surface area (Å²) in [6.45, 7) is 2.05. The number of amides is 1. The Balaban J connectivity index is 1.73. The average Bonchev–Trinajstić information content (AvgIpc) is 2.71. The number of aryl methyl sites for hydroxylation is 1. The van der Waals surface area contributed by atoms with Gasteiger partial charge in [0.1, 0.15) is 24.8 Å². The monoisotopic (exact) mass is 384 g/mol. The van der Waals surface area contributed by atoms with Gasteiger partial charge in [-0.1, -0.05) is 12.1 Å². The van der Waals surface area contributed by atoms with E-state index in [2.05, 4.69) is 0 Å². The first-order valence-electron chi connectivity index (χ1n) is 8.81.